The van der Waals surface area contributed by atoms with Gasteiger partial charge in [0.1, 0.15) is 0 Å². The van der Waals surface area contributed by atoms with Crippen molar-refractivity contribution in [2.45, 2.75) is 33.1 Å². The molecule has 1 aromatic rings. The summed E-state index contributed by atoms with van der Waals surface area (Å²) < 4.78 is 1.24. The predicted molar refractivity (Wildman–Crippen MR) is 79.3 cm³/mol. The standard InChI is InChI=1S/C15H24BrN/c1-4-12(5-2)14(11-17-3)10-13-8-6-7-9-15(13)16/h6-9,12,14,17H,4-5,10-11H2,1-3H3. The van der Waals surface area contributed by atoms with E-state index in [4.69, 9.17) is 0 Å². The fourth-order valence-electron chi connectivity index (χ4n) is 2.57. The van der Waals surface area contributed by atoms with E-state index in [2.05, 4.69) is 66.4 Å². The van der Waals surface area contributed by atoms with Crippen molar-refractivity contribution in [1.82, 2.24) is 5.32 Å². The van der Waals surface area contributed by atoms with Crippen molar-refractivity contribution >= 4 is 15.9 Å². The normalized spacial score (nSPS) is 13.0. The lowest BCUT2D eigenvalue weighted by atomic mass is 9.83. The van der Waals surface area contributed by atoms with Gasteiger partial charge in [-0.3, -0.25) is 0 Å². The van der Waals surface area contributed by atoms with Crippen LogP contribution in [-0.4, -0.2) is 13.6 Å². The van der Waals surface area contributed by atoms with E-state index in [1.54, 1.807) is 0 Å². The highest BCUT2D eigenvalue weighted by Crippen LogP contribution is 2.26. The second-order valence-corrected chi connectivity index (χ2v) is 5.54. The number of halogens is 1. The lowest BCUT2D eigenvalue weighted by Gasteiger charge is -2.25. The van der Waals surface area contributed by atoms with Crippen LogP contribution >= 0.6 is 15.9 Å². The summed E-state index contributed by atoms with van der Waals surface area (Å²) >= 11 is 3.65. The van der Waals surface area contributed by atoms with Gasteiger partial charge in [-0.05, 0) is 43.5 Å². The van der Waals surface area contributed by atoms with Gasteiger partial charge in [-0.15, -0.1) is 0 Å². The third-order valence-corrected chi connectivity index (χ3v) is 4.40. The molecule has 1 atom stereocenters. The van der Waals surface area contributed by atoms with E-state index < -0.39 is 0 Å². The zero-order valence-corrected chi connectivity index (χ0v) is 12.8. The van der Waals surface area contributed by atoms with Crippen molar-refractivity contribution in [2.24, 2.45) is 11.8 Å². The number of benzene rings is 1. The van der Waals surface area contributed by atoms with Gasteiger partial charge in [0.2, 0.25) is 0 Å². The number of nitrogens with one attached hydrogen (secondary N) is 1. The Labute approximate surface area is 114 Å². The Bertz CT molecular complexity index is 320. The summed E-state index contributed by atoms with van der Waals surface area (Å²) in [4.78, 5) is 0. The topological polar surface area (TPSA) is 12.0 Å². The summed E-state index contributed by atoms with van der Waals surface area (Å²) in [6.07, 6.45) is 3.70. The van der Waals surface area contributed by atoms with Crippen molar-refractivity contribution in [1.29, 1.82) is 0 Å². The third kappa shape index (κ3) is 4.44. The minimum atomic E-state index is 0.730. The van der Waals surface area contributed by atoms with Crippen LogP contribution in [0, 0.1) is 11.8 Å². The summed E-state index contributed by atoms with van der Waals surface area (Å²) in [7, 11) is 2.05. The van der Waals surface area contributed by atoms with E-state index in [1.165, 1.54) is 22.9 Å². The van der Waals surface area contributed by atoms with Crippen LogP contribution in [0.5, 0.6) is 0 Å². The molecule has 1 rings (SSSR count). The van der Waals surface area contributed by atoms with Crippen LogP contribution in [0.4, 0.5) is 0 Å². The average molecular weight is 298 g/mol. The quantitative estimate of drug-likeness (QED) is 0.793. The van der Waals surface area contributed by atoms with Gasteiger partial charge < -0.3 is 5.32 Å². The third-order valence-electron chi connectivity index (χ3n) is 3.62. The van der Waals surface area contributed by atoms with E-state index in [9.17, 15) is 0 Å². The Morgan fingerprint density at radius 3 is 2.29 bits per heavy atom. The first-order valence-corrected chi connectivity index (χ1v) is 7.40. The first-order chi connectivity index (χ1) is 8.22. The van der Waals surface area contributed by atoms with Crippen molar-refractivity contribution in [3.8, 4) is 0 Å². The summed E-state index contributed by atoms with van der Waals surface area (Å²) in [5.74, 6) is 1.54. The van der Waals surface area contributed by atoms with Crippen molar-refractivity contribution in [3.63, 3.8) is 0 Å². The fourth-order valence-corrected chi connectivity index (χ4v) is 3.02. The molecule has 1 N–H and O–H groups in total. The number of hydrogen-bond acceptors (Lipinski definition) is 1. The zero-order chi connectivity index (χ0) is 12.7. The van der Waals surface area contributed by atoms with Crippen molar-refractivity contribution in [2.75, 3.05) is 13.6 Å². The van der Waals surface area contributed by atoms with E-state index in [0.717, 1.165) is 24.8 Å². The molecule has 1 aromatic carbocycles. The molecule has 0 heterocycles. The molecule has 0 amide bonds. The van der Waals surface area contributed by atoms with Gasteiger partial charge in [-0.2, -0.15) is 0 Å². The zero-order valence-electron chi connectivity index (χ0n) is 11.2. The largest absolute Gasteiger partial charge is 0.319 e. The number of hydrogen-bond donors (Lipinski definition) is 1. The Morgan fingerprint density at radius 1 is 1.12 bits per heavy atom. The summed E-state index contributed by atoms with van der Waals surface area (Å²) in [6.45, 7) is 5.71. The Balaban J connectivity index is 2.75. The van der Waals surface area contributed by atoms with Gasteiger partial charge in [-0.1, -0.05) is 60.8 Å². The van der Waals surface area contributed by atoms with E-state index in [-0.39, 0.29) is 0 Å². The fraction of sp³-hybridized carbons (Fsp3) is 0.600. The maximum absolute atomic E-state index is 3.65. The smallest absolute Gasteiger partial charge is 0.0207 e. The molecule has 0 aromatic heterocycles. The maximum Gasteiger partial charge on any atom is 0.0207 e. The predicted octanol–water partition coefficient (Wildman–Crippen LogP) is 4.26. The lowest BCUT2D eigenvalue weighted by Crippen LogP contribution is -2.27. The molecule has 0 radical (unpaired) electrons. The molecule has 17 heavy (non-hydrogen) atoms. The molecular formula is C15H24BrN. The van der Waals surface area contributed by atoms with Crippen LogP contribution in [0.15, 0.2) is 28.7 Å². The molecule has 1 unspecified atom stereocenters. The highest BCUT2D eigenvalue weighted by Gasteiger charge is 2.18. The molecule has 0 aliphatic heterocycles. The lowest BCUT2D eigenvalue weighted by molar-refractivity contribution is 0.303. The van der Waals surface area contributed by atoms with Crippen LogP contribution in [0.3, 0.4) is 0 Å². The van der Waals surface area contributed by atoms with Crippen LogP contribution < -0.4 is 5.32 Å². The molecular weight excluding hydrogens is 274 g/mol. The Hall–Kier alpha value is -0.340. The molecule has 0 aliphatic rings. The summed E-state index contributed by atoms with van der Waals surface area (Å²) in [5.41, 5.74) is 1.43. The van der Waals surface area contributed by atoms with Crippen molar-refractivity contribution in [3.05, 3.63) is 34.3 Å². The van der Waals surface area contributed by atoms with Gasteiger partial charge in [0.05, 0.1) is 0 Å². The van der Waals surface area contributed by atoms with Crippen molar-refractivity contribution < 1.29 is 0 Å². The molecule has 2 heteroatoms. The monoisotopic (exact) mass is 297 g/mol. The SMILES string of the molecule is CCC(CC)C(CNC)Cc1ccccc1Br. The molecule has 0 aliphatic carbocycles. The Morgan fingerprint density at radius 2 is 1.76 bits per heavy atom. The van der Waals surface area contributed by atoms with Crippen LogP contribution in [0.1, 0.15) is 32.3 Å². The van der Waals surface area contributed by atoms with Crippen LogP contribution in [-0.2, 0) is 6.42 Å². The van der Waals surface area contributed by atoms with Crippen LogP contribution in [0.25, 0.3) is 0 Å². The van der Waals surface area contributed by atoms with Gasteiger partial charge in [-0.25, -0.2) is 0 Å². The minimum Gasteiger partial charge on any atom is -0.319 e. The molecule has 0 saturated carbocycles. The molecule has 1 nitrogen and oxygen atoms in total. The van der Waals surface area contributed by atoms with E-state index in [1.807, 2.05) is 0 Å². The molecule has 96 valence electrons. The highest BCUT2D eigenvalue weighted by molar-refractivity contribution is 9.10. The summed E-state index contributed by atoms with van der Waals surface area (Å²) in [5, 5.41) is 3.34. The number of rotatable bonds is 7. The molecule has 0 fully saturated rings. The van der Waals surface area contributed by atoms with E-state index in [0.29, 0.717) is 0 Å². The molecule has 0 spiro atoms. The first kappa shape index (κ1) is 14.7. The summed E-state index contributed by atoms with van der Waals surface area (Å²) in [6, 6.07) is 8.58. The van der Waals surface area contributed by atoms with Gasteiger partial charge in [0, 0.05) is 4.47 Å². The molecule has 0 bridgehead atoms. The van der Waals surface area contributed by atoms with Crippen LogP contribution in [0.2, 0.25) is 0 Å². The van der Waals surface area contributed by atoms with Gasteiger partial charge >= 0.3 is 0 Å². The van der Waals surface area contributed by atoms with Gasteiger partial charge in [0.25, 0.3) is 0 Å². The Kier molecular flexibility index (Phi) is 6.83. The van der Waals surface area contributed by atoms with Gasteiger partial charge in [0.15, 0.2) is 0 Å². The minimum absolute atomic E-state index is 0.730. The second kappa shape index (κ2) is 7.88. The second-order valence-electron chi connectivity index (χ2n) is 4.69. The maximum atomic E-state index is 3.65. The average Bonchev–Trinajstić information content (AvgIpc) is 2.34. The van der Waals surface area contributed by atoms with E-state index >= 15 is 0 Å². The molecule has 0 saturated heterocycles. The first-order valence-electron chi connectivity index (χ1n) is 6.60. The highest BCUT2D eigenvalue weighted by atomic mass is 79.9.